The first-order valence-corrected chi connectivity index (χ1v) is 17.3. The summed E-state index contributed by atoms with van der Waals surface area (Å²) in [6.45, 7) is 0. The monoisotopic (exact) mass is 641 g/mol. The Bertz CT molecular complexity index is 2890. The third kappa shape index (κ3) is 4.53. The SMILES string of the molecule is c1ccc(-c2ccccc2-c2nc(-c3cc4c5ccccc5ccc4c4ccccc34)nc(-c3cccc4c3sc3ccccc34)n2)cc1. The molecule has 0 unspecified atom stereocenters. The van der Waals surface area contributed by atoms with Crippen LogP contribution in [-0.4, -0.2) is 15.0 Å². The molecule has 0 spiro atoms. The second-order valence-corrected chi connectivity index (χ2v) is 13.4. The highest BCUT2D eigenvalue weighted by Gasteiger charge is 2.20. The van der Waals surface area contributed by atoms with E-state index in [2.05, 4.69) is 158 Å². The van der Waals surface area contributed by atoms with E-state index in [1.807, 2.05) is 6.07 Å². The van der Waals surface area contributed by atoms with Gasteiger partial charge in [-0.25, -0.2) is 15.0 Å². The standard InChI is InChI=1S/C45H27N3S/c1-2-13-28(14-3-1)30-16-6-9-21-37(30)43-46-44(38-23-12-22-36-35-20-10-11-24-41(35)49-42(36)38)48-45(47-43)40-27-39-31-17-5-4-15-29(31)25-26-34(39)32-18-7-8-19-33(32)40/h1-27H. The minimum absolute atomic E-state index is 0.652. The van der Waals surface area contributed by atoms with E-state index in [9.17, 15) is 0 Å². The van der Waals surface area contributed by atoms with E-state index in [1.54, 1.807) is 11.3 Å². The molecule has 8 aromatic carbocycles. The van der Waals surface area contributed by atoms with Crippen LogP contribution in [0.25, 0.3) is 97.8 Å². The molecule has 2 heterocycles. The Hall–Kier alpha value is -6.23. The molecule has 0 atom stereocenters. The molecule has 0 aliphatic heterocycles. The van der Waals surface area contributed by atoms with Crippen LogP contribution in [0, 0.1) is 0 Å². The van der Waals surface area contributed by atoms with Crippen LogP contribution in [0.2, 0.25) is 0 Å². The Morgan fingerprint density at radius 1 is 0.327 bits per heavy atom. The van der Waals surface area contributed by atoms with Gasteiger partial charge in [0, 0.05) is 36.9 Å². The molecule has 2 aromatic heterocycles. The van der Waals surface area contributed by atoms with Crippen LogP contribution < -0.4 is 0 Å². The maximum absolute atomic E-state index is 5.34. The average Bonchev–Trinajstić information content (AvgIpc) is 3.56. The topological polar surface area (TPSA) is 38.7 Å². The number of thiophene rings is 1. The fourth-order valence-corrected chi connectivity index (χ4v) is 8.47. The number of aromatic nitrogens is 3. The van der Waals surface area contributed by atoms with Crippen LogP contribution in [0.5, 0.6) is 0 Å². The lowest BCUT2D eigenvalue weighted by molar-refractivity contribution is 1.08. The molecule has 0 saturated heterocycles. The molecule has 0 bridgehead atoms. The van der Waals surface area contributed by atoms with Crippen molar-refractivity contribution in [2.75, 3.05) is 0 Å². The van der Waals surface area contributed by atoms with Gasteiger partial charge in [0.15, 0.2) is 17.5 Å². The fourth-order valence-electron chi connectivity index (χ4n) is 7.25. The van der Waals surface area contributed by atoms with Crippen molar-refractivity contribution in [1.29, 1.82) is 0 Å². The van der Waals surface area contributed by atoms with Crippen LogP contribution in [0.1, 0.15) is 0 Å². The molecule has 228 valence electrons. The van der Waals surface area contributed by atoms with Gasteiger partial charge in [0.05, 0.1) is 0 Å². The average molecular weight is 642 g/mol. The van der Waals surface area contributed by atoms with Crippen LogP contribution in [0.15, 0.2) is 164 Å². The lowest BCUT2D eigenvalue weighted by Gasteiger charge is -2.15. The van der Waals surface area contributed by atoms with Crippen molar-refractivity contribution in [2.45, 2.75) is 0 Å². The summed E-state index contributed by atoms with van der Waals surface area (Å²) in [5, 5.41) is 9.59. The second-order valence-electron chi connectivity index (χ2n) is 12.3. The van der Waals surface area contributed by atoms with E-state index in [0.717, 1.165) is 33.2 Å². The maximum Gasteiger partial charge on any atom is 0.165 e. The van der Waals surface area contributed by atoms with Crippen molar-refractivity contribution < 1.29 is 0 Å². The van der Waals surface area contributed by atoms with Gasteiger partial charge in [-0.05, 0) is 61.6 Å². The van der Waals surface area contributed by atoms with Gasteiger partial charge in [0.25, 0.3) is 0 Å². The Balaban J connectivity index is 1.31. The molecule has 10 rings (SSSR count). The summed E-state index contributed by atoms with van der Waals surface area (Å²) < 4.78 is 2.43. The lowest BCUT2D eigenvalue weighted by atomic mass is 9.93. The van der Waals surface area contributed by atoms with Crippen LogP contribution in [0.3, 0.4) is 0 Å². The Morgan fingerprint density at radius 3 is 1.73 bits per heavy atom. The van der Waals surface area contributed by atoms with E-state index >= 15 is 0 Å². The van der Waals surface area contributed by atoms with Gasteiger partial charge < -0.3 is 0 Å². The lowest BCUT2D eigenvalue weighted by Crippen LogP contribution is -2.02. The van der Waals surface area contributed by atoms with Gasteiger partial charge in [-0.1, -0.05) is 146 Å². The molecule has 0 N–H and O–H groups in total. The number of rotatable bonds is 4. The molecule has 0 aliphatic rings. The van der Waals surface area contributed by atoms with Gasteiger partial charge in [-0.2, -0.15) is 0 Å². The van der Waals surface area contributed by atoms with Crippen molar-refractivity contribution in [1.82, 2.24) is 15.0 Å². The summed E-state index contributed by atoms with van der Waals surface area (Å²) in [5.41, 5.74) is 5.18. The Kier molecular flexibility index (Phi) is 6.36. The maximum atomic E-state index is 5.34. The summed E-state index contributed by atoms with van der Waals surface area (Å²) in [7, 11) is 0. The van der Waals surface area contributed by atoms with Gasteiger partial charge in [0.1, 0.15) is 0 Å². The molecule has 0 aliphatic carbocycles. The number of hydrogen-bond donors (Lipinski definition) is 0. The molecule has 0 amide bonds. The Labute approximate surface area is 286 Å². The largest absolute Gasteiger partial charge is 0.208 e. The van der Waals surface area contributed by atoms with Crippen molar-refractivity contribution in [3.63, 3.8) is 0 Å². The number of hydrogen-bond acceptors (Lipinski definition) is 4. The van der Waals surface area contributed by atoms with Crippen LogP contribution in [0.4, 0.5) is 0 Å². The van der Waals surface area contributed by atoms with Crippen molar-refractivity contribution >= 4 is 63.8 Å². The zero-order valence-electron chi connectivity index (χ0n) is 26.3. The smallest absolute Gasteiger partial charge is 0.165 e. The normalized spacial score (nSPS) is 11.7. The molecular weight excluding hydrogens is 615 g/mol. The minimum atomic E-state index is 0.652. The van der Waals surface area contributed by atoms with E-state index in [-0.39, 0.29) is 0 Å². The summed E-state index contributed by atoms with van der Waals surface area (Å²) in [6, 6.07) is 57.9. The number of nitrogens with zero attached hydrogens (tertiary/aromatic N) is 3. The molecule has 3 nitrogen and oxygen atoms in total. The van der Waals surface area contributed by atoms with Crippen molar-refractivity contribution in [3.05, 3.63) is 164 Å². The van der Waals surface area contributed by atoms with E-state index in [4.69, 9.17) is 15.0 Å². The molecule has 10 aromatic rings. The molecule has 0 fully saturated rings. The first-order chi connectivity index (χ1) is 24.3. The molecule has 4 heteroatoms. The van der Waals surface area contributed by atoms with E-state index < -0.39 is 0 Å². The van der Waals surface area contributed by atoms with E-state index in [1.165, 1.54) is 47.1 Å². The third-order valence-corrected chi connectivity index (χ3v) is 10.8. The molecule has 0 saturated carbocycles. The summed E-state index contributed by atoms with van der Waals surface area (Å²) in [4.78, 5) is 16.0. The summed E-state index contributed by atoms with van der Waals surface area (Å²) in [6.07, 6.45) is 0. The summed E-state index contributed by atoms with van der Waals surface area (Å²) >= 11 is 1.79. The molecular formula is C45H27N3S. The highest BCUT2D eigenvalue weighted by atomic mass is 32.1. The van der Waals surface area contributed by atoms with Gasteiger partial charge >= 0.3 is 0 Å². The predicted molar refractivity (Wildman–Crippen MR) is 207 cm³/mol. The number of benzene rings is 8. The Morgan fingerprint density at radius 2 is 0.898 bits per heavy atom. The van der Waals surface area contributed by atoms with Gasteiger partial charge in [-0.15, -0.1) is 11.3 Å². The first-order valence-electron chi connectivity index (χ1n) is 16.5. The van der Waals surface area contributed by atoms with Gasteiger partial charge in [-0.3, -0.25) is 0 Å². The number of fused-ring (bicyclic) bond motifs is 8. The van der Waals surface area contributed by atoms with Crippen LogP contribution in [-0.2, 0) is 0 Å². The highest BCUT2D eigenvalue weighted by molar-refractivity contribution is 7.26. The van der Waals surface area contributed by atoms with Gasteiger partial charge in [0.2, 0.25) is 0 Å². The van der Waals surface area contributed by atoms with Crippen molar-refractivity contribution in [2.24, 2.45) is 0 Å². The second kappa shape index (κ2) is 11.2. The molecule has 49 heavy (non-hydrogen) atoms. The highest BCUT2D eigenvalue weighted by Crippen LogP contribution is 2.42. The van der Waals surface area contributed by atoms with E-state index in [0.29, 0.717) is 17.5 Å². The molecule has 0 radical (unpaired) electrons. The first kappa shape index (κ1) is 27.8. The summed E-state index contributed by atoms with van der Waals surface area (Å²) in [5.74, 6) is 1.98. The minimum Gasteiger partial charge on any atom is -0.208 e. The quantitative estimate of drug-likeness (QED) is 0.180. The third-order valence-electron chi connectivity index (χ3n) is 9.54. The van der Waals surface area contributed by atoms with Crippen LogP contribution >= 0.6 is 11.3 Å². The fraction of sp³-hybridized carbons (Fsp3) is 0. The zero-order valence-corrected chi connectivity index (χ0v) is 27.2. The zero-order chi connectivity index (χ0) is 32.3. The van der Waals surface area contributed by atoms with Crippen molar-refractivity contribution in [3.8, 4) is 45.3 Å². The predicted octanol–water partition coefficient (Wildman–Crippen LogP) is 12.4.